The van der Waals surface area contributed by atoms with Gasteiger partial charge in [0.1, 0.15) is 11.6 Å². The Morgan fingerprint density at radius 1 is 1.18 bits per heavy atom. The molecule has 0 saturated heterocycles. The lowest BCUT2D eigenvalue weighted by Gasteiger charge is -2.11. The molecule has 0 fully saturated rings. The molecule has 0 spiro atoms. The van der Waals surface area contributed by atoms with Gasteiger partial charge in [0.05, 0.1) is 23.4 Å². The molecule has 2 rings (SSSR count). The minimum absolute atomic E-state index is 0.290. The second kappa shape index (κ2) is 6.53. The Kier molecular flexibility index (Phi) is 4.52. The van der Waals surface area contributed by atoms with Crippen LogP contribution in [0.25, 0.3) is 0 Å². The molecule has 0 saturated carbocycles. The number of carbonyl (C=O) groups is 1. The highest BCUT2D eigenvalue weighted by Crippen LogP contribution is 2.24. The van der Waals surface area contributed by atoms with Crippen molar-refractivity contribution in [2.24, 2.45) is 0 Å². The molecule has 2 amide bonds. The molecule has 7 nitrogen and oxygen atoms in total. The van der Waals surface area contributed by atoms with Gasteiger partial charge in [-0.1, -0.05) is 12.1 Å². The lowest BCUT2D eigenvalue weighted by atomic mass is 10.2. The van der Waals surface area contributed by atoms with Gasteiger partial charge in [0.15, 0.2) is 0 Å². The number of methoxy groups -OCH3 is 1. The predicted octanol–water partition coefficient (Wildman–Crippen LogP) is 3.39. The van der Waals surface area contributed by atoms with Gasteiger partial charge in [0.2, 0.25) is 0 Å². The van der Waals surface area contributed by atoms with E-state index in [-0.39, 0.29) is 11.4 Å². The molecule has 0 unspecified atom stereocenters. The van der Waals surface area contributed by atoms with E-state index in [2.05, 4.69) is 10.6 Å². The van der Waals surface area contributed by atoms with Crippen molar-refractivity contribution in [2.75, 3.05) is 17.7 Å². The maximum atomic E-state index is 13.6. The van der Waals surface area contributed by atoms with Crippen LogP contribution in [0.3, 0.4) is 0 Å². The first-order chi connectivity index (χ1) is 10.5. The van der Waals surface area contributed by atoms with Gasteiger partial charge in [-0.25, -0.2) is 9.18 Å². The SMILES string of the molecule is COc1ccccc1NC(=O)Nc1cc([N+](=O)[O-])ccc1F. The Labute approximate surface area is 124 Å². The zero-order chi connectivity index (χ0) is 16.1. The van der Waals surface area contributed by atoms with Crippen molar-refractivity contribution in [1.82, 2.24) is 0 Å². The highest BCUT2D eigenvalue weighted by Gasteiger charge is 2.14. The van der Waals surface area contributed by atoms with Gasteiger partial charge in [-0.15, -0.1) is 0 Å². The first-order valence-corrected chi connectivity index (χ1v) is 6.16. The minimum atomic E-state index is -0.777. The smallest absolute Gasteiger partial charge is 0.323 e. The molecule has 22 heavy (non-hydrogen) atoms. The van der Waals surface area contributed by atoms with Crippen molar-refractivity contribution in [3.05, 3.63) is 58.4 Å². The first-order valence-electron chi connectivity index (χ1n) is 6.16. The number of benzene rings is 2. The molecule has 0 aliphatic carbocycles. The van der Waals surface area contributed by atoms with Crippen LogP contribution in [-0.4, -0.2) is 18.1 Å². The normalized spacial score (nSPS) is 9.91. The van der Waals surface area contributed by atoms with Crippen molar-refractivity contribution in [3.8, 4) is 5.75 Å². The van der Waals surface area contributed by atoms with Crippen LogP contribution < -0.4 is 15.4 Å². The summed E-state index contributed by atoms with van der Waals surface area (Å²) >= 11 is 0. The molecule has 0 heterocycles. The number of ether oxygens (including phenoxy) is 1. The predicted molar refractivity (Wildman–Crippen MR) is 78.7 cm³/mol. The van der Waals surface area contributed by atoms with Crippen molar-refractivity contribution < 1.29 is 18.8 Å². The molecule has 0 aliphatic rings. The number of halogens is 1. The molecule has 114 valence electrons. The fourth-order valence-corrected chi connectivity index (χ4v) is 1.75. The molecule has 0 radical (unpaired) electrons. The second-order valence-electron chi connectivity index (χ2n) is 4.20. The molecule has 2 aromatic carbocycles. The third kappa shape index (κ3) is 3.48. The Balaban J connectivity index is 2.15. The molecule has 0 atom stereocenters. The van der Waals surface area contributed by atoms with E-state index in [1.807, 2.05) is 0 Å². The van der Waals surface area contributed by atoms with Crippen molar-refractivity contribution >= 4 is 23.1 Å². The maximum Gasteiger partial charge on any atom is 0.323 e. The zero-order valence-electron chi connectivity index (χ0n) is 11.5. The van der Waals surface area contributed by atoms with Crippen LogP contribution in [0.15, 0.2) is 42.5 Å². The van der Waals surface area contributed by atoms with Gasteiger partial charge < -0.3 is 15.4 Å². The molecule has 0 aliphatic heterocycles. The highest BCUT2D eigenvalue weighted by atomic mass is 19.1. The Morgan fingerprint density at radius 3 is 2.55 bits per heavy atom. The van der Waals surface area contributed by atoms with Crippen LogP contribution in [-0.2, 0) is 0 Å². The molecule has 2 N–H and O–H groups in total. The topological polar surface area (TPSA) is 93.5 Å². The van der Waals surface area contributed by atoms with E-state index < -0.39 is 16.8 Å². The Morgan fingerprint density at radius 2 is 1.86 bits per heavy atom. The fraction of sp³-hybridized carbons (Fsp3) is 0.0714. The van der Waals surface area contributed by atoms with Crippen molar-refractivity contribution in [1.29, 1.82) is 0 Å². The number of non-ortho nitro benzene ring substituents is 1. The van der Waals surface area contributed by atoms with E-state index in [0.29, 0.717) is 11.4 Å². The first kappa shape index (κ1) is 15.2. The summed E-state index contributed by atoms with van der Waals surface area (Å²) in [7, 11) is 1.44. The summed E-state index contributed by atoms with van der Waals surface area (Å²) < 4.78 is 18.7. The lowest BCUT2D eigenvalue weighted by Crippen LogP contribution is -2.20. The molecule has 0 aromatic heterocycles. The number of rotatable bonds is 4. The van der Waals surface area contributed by atoms with Gasteiger partial charge in [-0.2, -0.15) is 0 Å². The standard InChI is InChI=1S/C14H12FN3O4/c1-22-13-5-3-2-4-11(13)16-14(19)17-12-8-9(18(20)21)6-7-10(12)15/h2-8H,1H3,(H2,16,17,19). The third-order valence-corrected chi connectivity index (χ3v) is 2.76. The minimum Gasteiger partial charge on any atom is -0.495 e. The van der Waals surface area contributed by atoms with E-state index in [1.165, 1.54) is 7.11 Å². The van der Waals surface area contributed by atoms with Crippen LogP contribution in [0.4, 0.5) is 26.2 Å². The zero-order valence-corrected chi connectivity index (χ0v) is 11.5. The van der Waals surface area contributed by atoms with Gasteiger partial charge in [0, 0.05) is 12.1 Å². The molecule has 2 aromatic rings. The quantitative estimate of drug-likeness (QED) is 0.668. The average Bonchev–Trinajstić information content (AvgIpc) is 2.49. The number of anilines is 2. The number of nitrogens with zero attached hydrogens (tertiary/aromatic N) is 1. The highest BCUT2D eigenvalue weighted by molar-refractivity contribution is 6.00. The van der Waals surface area contributed by atoms with Crippen molar-refractivity contribution in [2.45, 2.75) is 0 Å². The lowest BCUT2D eigenvalue weighted by molar-refractivity contribution is -0.384. The van der Waals surface area contributed by atoms with Gasteiger partial charge in [-0.05, 0) is 18.2 Å². The largest absolute Gasteiger partial charge is 0.495 e. The molecular formula is C14H12FN3O4. The van der Waals surface area contributed by atoms with Crippen LogP contribution in [0.1, 0.15) is 0 Å². The number of carbonyl (C=O) groups excluding carboxylic acids is 1. The van der Waals surface area contributed by atoms with Crippen LogP contribution in [0.5, 0.6) is 5.75 Å². The van der Waals surface area contributed by atoms with Gasteiger partial charge in [0.25, 0.3) is 5.69 Å². The fourth-order valence-electron chi connectivity index (χ4n) is 1.75. The number of nitro groups is 1. The van der Waals surface area contributed by atoms with Crippen LogP contribution in [0, 0.1) is 15.9 Å². The number of hydrogen-bond donors (Lipinski definition) is 2. The van der Waals surface area contributed by atoms with Gasteiger partial charge >= 0.3 is 6.03 Å². The third-order valence-electron chi connectivity index (χ3n) is 2.76. The van der Waals surface area contributed by atoms with Gasteiger partial charge in [-0.3, -0.25) is 10.1 Å². The van der Waals surface area contributed by atoms with E-state index in [1.54, 1.807) is 24.3 Å². The number of nitro benzene ring substituents is 1. The second-order valence-corrected chi connectivity index (χ2v) is 4.20. The monoisotopic (exact) mass is 305 g/mol. The van der Waals surface area contributed by atoms with Crippen LogP contribution in [0.2, 0.25) is 0 Å². The summed E-state index contributed by atoms with van der Waals surface area (Å²) in [5.41, 5.74) is -0.232. The maximum absolute atomic E-state index is 13.6. The van der Waals surface area contributed by atoms with Crippen LogP contribution >= 0.6 is 0 Å². The number of para-hydroxylation sites is 2. The number of amides is 2. The summed E-state index contributed by atoms with van der Waals surface area (Å²) in [6, 6.07) is 8.77. The summed E-state index contributed by atoms with van der Waals surface area (Å²) in [4.78, 5) is 21.9. The van der Waals surface area contributed by atoms with Crippen molar-refractivity contribution in [3.63, 3.8) is 0 Å². The van der Waals surface area contributed by atoms with E-state index in [9.17, 15) is 19.3 Å². The summed E-state index contributed by atoms with van der Waals surface area (Å²) in [5.74, 6) is -0.349. The molecule has 0 bridgehead atoms. The van der Waals surface area contributed by atoms with E-state index in [4.69, 9.17) is 4.74 Å². The summed E-state index contributed by atoms with van der Waals surface area (Å²) in [5, 5.41) is 15.4. The number of urea groups is 1. The Hall–Kier alpha value is -3.16. The summed E-state index contributed by atoms with van der Waals surface area (Å²) in [6.45, 7) is 0. The summed E-state index contributed by atoms with van der Waals surface area (Å²) in [6.07, 6.45) is 0. The van der Waals surface area contributed by atoms with E-state index in [0.717, 1.165) is 18.2 Å². The number of nitrogens with one attached hydrogen (secondary N) is 2. The Bertz CT molecular complexity index is 721. The molecular weight excluding hydrogens is 293 g/mol. The molecule has 8 heteroatoms. The van der Waals surface area contributed by atoms with E-state index >= 15 is 0 Å². The number of hydrogen-bond acceptors (Lipinski definition) is 4. The average molecular weight is 305 g/mol.